The Kier molecular flexibility index (Phi) is 14.4. The molecule has 0 spiro atoms. The highest BCUT2D eigenvalue weighted by Crippen LogP contribution is 2.33. The Bertz CT molecular complexity index is 1530. The summed E-state index contributed by atoms with van der Waals surface area (Å²) in [6.45, 7) is 8.42. The topological polar surface area (TPSA) is 67.4 Å². The Morgan fingerprint density at radius 1 is 1.09 bits per heavy atom. The van der Waals surface area contributed by atoms with Crippen molar-refractivity contribution >= 4 is 50.4 Å². The number of carbonyl (C=O) groups excluding carboxylic acids is 1. The summed E-state index contributed by atoms with van der Waals surface area (Å²) in [4.78, 5) is 24.1. The first-order valence-corrected chi connectivity index (χ1v) is 16.0. The van der Waals surface area contributed by atoms with Crippen molar-refractivity contribution < 1.29 is 13.9 Å². The Morgan fingerprint density at radius 3 is 2.67 bits per heavy atom. The number of hydrogen-bond acceptors (Lipinski definition) is 7. The molecule has 228 valence electrons. The summed E-state index contributed by atoms with van der Waals surface area (Å²) in [5.41, 5.74) is 2.27. The molecular formula is C34H40ClFN4O2S. The molecule has 0 fully saturated rings. The fourth-order valence-corrected chi connectivity index (χ4v) is 5.48. The van der Waals surface area contributed by atoms with Gasteiger partial charge in [-0.25, -0.2) is 14.4 Å². The molecule has 9 heteroatoms. The van der Waals surface area contributed by atoms with Gasteiger partial charge in [0.15, 0.2) is 5.82 Å². The van der Waals surface area contributed by atoms with E-state index in [9.17, 15) is 9.18 Å². The smallest absolute Gasteiger partial charge is 0.151 e. The second-order valence-corrected chi connectivity index (χ2v) is 11.3. The molecule has 0 atom stereocenters. The quantitative estimate of drug-likeness (QED) is 0.112. The van der Waals surface area contributed by atoms with Crippen molar-refractivity contribution in [1.82, 2.24) is 14.9 Å². The van der Waals surface area contributed by atoms with E-state index < -0.39 is 0 Å². The first-order valence-electron chi connectivity index (χ1n) is 14.8. The van der Waals surface area contributed by atoms with Gasteiger partial charge in [0.2, 0.25) is 0 Å². The second kappa shape index (κ2) is 18.2. The van der Waals surface area contributed by atoms with Crippen LogP contribution in [0.15, 0.2) is 54.9 Å². The molecule has 4 aromatic rings. The molecule has 2 aromatic carbocycles. The average molecular weight is 623 g/mol. The molecule has 43 heavy (non-hydrogen) atoms. The minimum Gasteiger partial charge on any atom is -0.487 e. The fraction of sp³-hybridized carbons (Fsp3) is 0.382. The van der Waals surface area contributed by atoms with Gasteiger partial charge in [-0.1, -0.05) is 56.3 Å². The molecule has 0 saturated heterocycles. The van der Waals surface area contributed by atoms with Gasteiger partial charge in [-0.15, -0.1) is 11.3 Å². The van der Waals surface area contributed by atoms with Crippen LogP contribution in [0.5, 0.6) is 5.75 Å². The highest BCUT2D eigenvalue weighted by molar-refractivity contribution is 7.20. The number of benzene rings is 2. The molecule has 4 rings (SSSR count). The number of aromatic nitrogens is 2. The third-order valence-electron chi connectivity index (χ3n) is 6.36. The van der Waals surface area contributed by atoms with Crippen LogP contribution in [0.3, 0.4) is 0 Å². The third kappa shape index (κ3) is 11.3. The predicted octanol–water partition coefficient (Wildman–Crippen LogP) is 9.05. The Balaban J connectivity index is 0.00000248. The van der Waals surface area contributed by atoms with Crippen molar-refractivity contribution in [2.75, 3.05) is 25.5 Å². The molecule has 2 heterocycles. The SMILES string of the molecule is CC.CCCN(C)CCCC(=O)CCCC#Cc1cc2ncnc(Nc3ccc(OCc4cccc(F)c4)c(Cl)c3)c2s1. The van der Waals surface area contributed by atoms with E-state index in [1.165, 1.54) is 29.8 Å². The molecule has 2 aromatic heterocycles. The van der Waals surface area contributed by atoms with E-state index in [4.69, 9.17) is 16.3 Å². The van der Waals surface area contributed by atoms with Gasteiger partial charge in [0.05, 0.1) is 20.1 Å². The maximum atomic E-state index is 13.4. The summed E-state index contributed by atoms with van der Waals surface area (Å²) in [5, 5.41) is 3.74. The number of nitrogens with one attached hydrogen (secondary N) is 1. The van der Waals surface area contributed by atoms with Crippen LogP contribution < -0.4 is 10.1 Å². The van der Waals surface area contributed by atoms with Crippen LogP contribution in [0.1, 0.15) is 69.7 Å². The zero-order valence-corrected chi connectivity index (χ0v) is 27.0. The molecule has 0 aliphatic heterocycles. The summed E-state index contributed by atoms with van der Waals surface area (Å²) < 4.78 is 20.1. The predicted molar refractivity (Wildman–Crippen MR) is 177 cm³/mol. The molecule has 0 radical (unpaired) electrons. The van der Waals surface area contributed by atoms with Gasteiger partial charge in [-0.05, 0) is 81.4 Å². The van der Waals surface area contributed by atoms with E-state index in [1.54, 1.807) is 24.3 Å². The minimum atomic E-state index is -0.306. The lowest BCUT2D eigenvalue weighted by molar-refractivity contribution is -0.119. The van der Waals surface area contributed by atoms with Crippen LogP contribution in [0, 0.1) is 17.7 Å². The molecule has 0 bridgehead atoms. The molecule has 0 amide bonds. The number of hydrogen-bond donors (Lipinski definition) is 1. The maximum Gasteiger partial charge on any atom is 0.151 e. The summed E-state index contributed by atoms with van der Waals surface area (Å²) in [7, 11) is 2.10. The lowest BCUT2D eigenvalue weighted by Gasteiger charge is -2.14. The van der Waals surface area contributed by atoms with E-state index in [-0.39, 0.29) is 12.4 Å². The number of thiophene rings is 1. The lowest BCUT2D eigenvalue weighted by atomic mass is 10.1. The largest absolute Gasteiger partial charge is 0.487 e. The second-order valence-electron chi connectivity index (χ2n) is 9.84. The minimum absolute atomic E-state index is 0.211. The zero-order chi connectivity index (χ0) is 31.0. The molecule has 1 N–H and O–H groups in total. The fourth-order valence-electron chi connectivity index (χ4n) is 4.31. The molecular weight excluding hydrogens is 583 g/mol. The van der Waals surface area contributed by atoms with Crippen molar-refractivity contribution in [3.05, 3.63) is 76.1 Å². The molecule has 6 nitrogen and oxygen atoms in total. The Hall–Kier alpha value is -3.51. The molecule has 0 aliphatic rings. The standard InChI is InChI=1S/C32H34ClFN4O2S.C2H6/c1-3-16-38(2)17-8-12-26(39)11-5-4-6-13-27-20-29-31(41-27)32(36-22-35-29)37-25-14-15-30(28(33)19-25)40-21-23-9-7-10-24(34)18-23;1-2/h7,9-10,14-15,18-20,22H,3-5,8,11-12,16-17,21H2,1-2H3,(H,35,36,37);1-2H3. The van der Waals surface area contributed by atoms with Crippen molar-refractivity contribution in [1.29, 1.82) is 0 Å². The van der Waals surface area contributed by atoms with Gasteiger partial charge < -0.3 is 15.0 Å². The zero-order valence-electron chi connectivity index (χ0n) is 25.4. The van der Waals surface area contributed by atoms with E-state index in [0.29, 0.717) is 41.6 Å². The van der Waals surface area contributed by atoms with Crippen molar-refractivity contribution in [3.63, 3.8) is 0 Å². The summed E-state index contributed by atoms with van der Waals surface area (Å²) in [5.74, 6) is 7.58. The van der Waals surface area contributed by atoms with E-state index in [2.05, 4.69) is 46.0 Å². The maximum absolute atomic E-state index is 13.4. The van der Waals surface area contributed by atoms with Crippen LogP contribution in [-0.4, -0.2) is 40.8 Å². The number of fused-ring (bicyclic) bond motifs is 1. The van der Waals surface area contributed by atoms with Crippen LogP contribution >= 0.6 is 22.9 Å². The molecule has 0 unspecified atom stereocenters. The number of carbonyl (C=O) groups is 1. The highest BCUT2D eigenvalue weighted by atomic mass is 35.5. The van der Waals surface area contributed by atoms with E-state index in [0.717, 1.165) is 58.7 Å². The number of Topliss-reactive ketones (excluding diaryl/α,β-unsaturated/α-hetero) is 1. The van der Waals surface area contributed by atoms with Gasteiger partial charge in [0.1, 0.15) is 30.3 Å². The first-order chi connectivity index (χ1) is 20.9. The van der Waals surface area contributed by atoms with Gasteiger partial charge in [-0.3, -0.25) is 4.79 Å². The normalized spacial score (nSPS) is 10.6. The van der Waals surface area contributed by atoms with Gasteiger partial charge in [0, 0.05) is 24.9 Å². The Labute approximate surface area is 263 Å². The third-order valence-corrected chi connectivity index (χ3v) is 7.70. The summed E-state index contributed by atoms with van der Waals surface area (Å²) in [6.07, 6.45) is 6.24. The Morgan fingerprint density at radius 2 is 1.91 bits per heavy atom. The van der Waals surface area contributed by atoms with Crippen molar-refractivity contribution in [2.45, 2.75) is 65.9 Å². The van der Waals surface area contributed by atoms with Crippen LogP contribution in [-0.2, 0) is 11.4 Å². The van der Waals surface area contributed by atoms with Crippen molar-refractivity contribution in [2.24, 2.45) is 0 Å². The van der Waals surface area contributed by atoms with E-state index >= 15 is 0 Å². The van der Waals surface area contributed by atoms with Gasteiger partial charge >= 0.3 is 0 Å². The number of rotatable bonds is 14. The van der Waals surface area contributed by atoms with Crippen LogP contribution in [0.25, 0.3) is 10.2 Å². The number of halogens is 2. The number of unbranched alkanes of at least 4 members (excludes halogenated alkanes) is 1. The molecule has 0 aliphatic carbocycles. The van der Waals surface area contributed by atoms with Crippen LogP contribution in [0.4, 0.5) is 15.9 Å². The number of ketones is 1. The highest BCUT2D eigenvalue weighted by Gasteiger charge is 2.11. The summed E-state index contributed by atoms with van der Waals surface area (Å²) in [6, 6.07) is 13.6. The van der Waals surface area contributed by atoms with Gasteiger partial charge in [0.25, 0.3) is 0 Å². The monoisotopic (exact) mass is 622 g/mol. The van der Waals surface area contributed by atoms with Crippen molar-refractivity contribution in [3.8, 4) is 17.6 Å². The number of ether oxygens (including phenoxy) is 1. The average Bonchev–Trinajstić information content (AvgIpc) is 3.42. The van der Waals surface area contributed by atoms with Crippen LogP contribution in [0.2, 0.25) is 5.02 Å². The lowest BCUT2D eigenvalue weighted by Crippen LogP contribution is -2.20. The van der Waals surface area contributed by atoms with E-state index in [1.807, 2.05) is 26.0 Å². The number of nitrogens with zero attached hydrogens (tertiary/aromatic N) is 3. The van der Waals surface area contributed by atoms with Gasteiger partial charge in [-0.2, -0.15) is 0 Å². The molecule has 0 saturated carbocycles. The first kappa shape index (κ1) is 34.0. The summed E-state index contributed by atoms with van der Waals surface area (Å²) >= 11 is 7.97. The number of anilines is 2.